The van der Waals surface area contributed by atoms with Gasteiger partial charge in [0.15, 0.2) is 11.5 Å². The standard InChI is InChI=1S/C21H25ClN2O3/c1-5-13(3)24-20(23-17-10-8-7-9-15(17)21(24)25)14-11-16(22)19(26-4)18(12-14)27-6-2/h7-13,20,23H,5-6H2,1-4H3/t13-,20-/m0/s1. The van der Waals surface area contributed by atoms with E-state index in [1.54, 1.807) is 7.11 Å². The minimum Gasteiger partial charge on any atom is -0.491 e. The number of ether oxygens (including phenoxy) is 2. The predicted octanol–water partition coefficient (Wildman–Crippen LogP) is 5.11. The minimum absolute atomic E-state index is 0.00796. The van der Waals surface area contributed by atoms with Crippen LogP contribution in [0.4, 0.5) is 5.69 Å². The number of anilines is 1. The van der Waals surface area contributed by atoms with Crippen LogP contribution in [-0.4, -0.2) is 30.6 Å². The number of halogens is 1. The lowest BCUT2D eigenvalue weighted by molar-refractivity contribution is 0.0593. The van der Waals surface area contributed by atoms with E-state index in [9.17, 15) is 4.79 Å². The molecule has 3 rings (SSSR count). The highest BCUT2D eigenvalue weighted by Gasteiger charge is 2.36. The van der Waals surface area contributed by atoms with E-state index in [-0.39, 0.29) is 18.1 Å². The quantitative estimate of drug-likeness (QED) is 0.746. The van der Waals surface area contributed by atoms with Crippen molar-refractivity contribution < 1.29 is 14.3 Å². The van der Waals surface area contributed by atoms with E-state index in [1.807, 2.05) is 48.2 Å². The van der Waals surface area contributed by atoms with Gasteiger partial charge >= 0.3 is 0 Å². The average molecular weight is 389 g/mol. The van der Waals surface area contributed by atoms with Gasteiger partial charge in [0.05, 0.1) is 24.3 Å². The fraction of sp³-hybridized carbons (Fsp3) is 0.381. The molecular weight excluding hydrogens is 364 g/mol. The van der Waals surface area contributed by atoms with Crippen molar-refractivity contribution in [3.8, 4) is 11.5 Å². The Kier molecular flexibility index (Phi) is 5.80. The van der Waals surface area contributed by atoms with Gasteiger partial charge < -0.3 is 19.7 Å². The van der Waals surface area contributed by atoms with E-state index in [0.29, 0.717) is 28.7 Å². The van der Waals surface area contributed by atoms with Crippen molar-refractivity contribution in [3.05, 3.63) is 52.5 Å². The Labute approximate surface area is 165 Å². The van der Waals surface area contributed by atoms with Gasteiger partial charge in [-0.25, -0.2) is 0 Å². The number of rotatable bonds is 6. The summed E-state index contributed by atoms with van der Waals surface area (Å²) in [5.74, 6) is 1.08. The van der Waals surface area contributed by atoms with Crippen LogP contribution in [0.1, 0.15) is 49.3 Å². The fourth-order valence-electron chi connectivity index (χ4n) is 3.37. The van der Waals surface area contributed by atoms with Crippen LogP contribution in [0, 0.1) is 0 Å². The third-order valence-electron chi connectivity index (χ3n) is 4.88. The zero-order valence-electron chi connectivity index (χ0n) is 16.1. The van der Waals surface area contributed by atoms with Crippen molar-refractivity contribution in [3.63, 3.8) is 0 Å². The monoisotopic (exact) mass is 388 g/mol. The second-order valence-electron chi connectivity index (χ2n) is 6.53. The first-order chi connectivity index (χ1) is 13.0. The topological polar surface area (TPSA) is 50.8 Å². The first-order valence-electron chi connectivity index (χ1n) is 9.20. The smallest absolute Gasteiger partial charge is 0.258 e. The van der Waals surface area contributed by atoms with E-state index in [2.05, 4.69) is 19.2 Å². The Bertz CT molecular complexity index is 840. The van der Waals surface area contributed by atoms with Crippen molar-refractivity contribution in [2.45, 2.75) is 39.4 Å². The number of fused-ring (bicyclic) bond motifs is 1. The van der Waals surface area contributed by atoms with Crippen LogP contribution in [0.3, 0.4) is 0 Å². The molecule has 0 spiro atoms. The summed E-state index contributed by atoms with van der Waals surface area (Å²) in [4.78, 5) is 15.1. The first kappa shape index (κ1) is 19.4. The van der Waals surface area contributed by atoms with Gasteiger partial charge in [-0.15, -0.1) is 0 Å². The second-order valence-corrected chi connectivity index (χ2v) is 6.94. The van der Waals surface area contributed by atoms with E-state index in [1.165, 1.54) is 0 Å². The lowest BCUT2D eigenvalue weighted by atomic mass is 10.0. The van der Waals surface area contributed by atoms with Crippen LogP contribution in [0.2, 0.25) is 5.02 Å². The van der Waals surface area contributed by atoms with Crippen molar-refractivity contribution >= 4 is 23.2 Å². The predicted molar refractivity (Wildman–Crippen MR) is 108 cm³/mol. The largest absolute Gasteiger partial charge is 0.491 e. The van der Waals surface area contributed by atoms with Crippen LogP contribution in [0.25, 0.3) is 0 Å². The summed E-state index contributed by atoms with van der Waals surface area (Å²) in [6.07, 6.45) is 0.499. The van der Waals surface area contributed by atoms with Gasteiger partial charge in [-0.2, -0.15) is 0 Å². The molecule has 5 nitrogen and oxygen atoms in total. The Balaban J connectivity index is 2.12. The highest BCUT2D eigenvalue weighted by atomic mass is 35.5. The third-order valence-corrected chi connectivity index (χ3v) is 5.16. The molecule has 0 fully saturated rings. The van der Waals surface area contributed by atoms with Gasteiger partial charge in [0.25, 0.3) is 5.91 Å². The maximum Gasteiger partial charge on any atom is 0.258 e. The second kappa shape index (κ2) is 8.09. The number of methoxy groups -OCH3 is 1. The van der Waals surface area contributed by atoms with Crippen molar-refractivity contribution in [1.82, 2.24) is 4.90 Å². The molecule has 0 radical (unpaired) electrons. The molecule has 2 aromatic rings. The molecule has 1 aliphatic heterocycles. The molecule has 2 aromatic carbocycles. The molecule has 144 valence electrons. The molecule has 1 aliphatic rings. The van der Waals surface area contributed by atoms with Crippen LogP contribution in [-0.2, 0) is 0 Å². The van der Waals surface area contributed by atoms with E-state index in [4.69, 9.17) is 21.1 Å². The molecule has 0 bridgehead atoms. The lowest BCUT2D eigenvalue weighted by Gasteiger charge is -2.41. The molecule has 6 heteroatoms. The van der Waals surface area contributed by atoms with Gasteiger partial charge in [-0.05, 0) is 44.5 Å². The molecule has 2 atom stereocenters. The molecule has 27 heavy (non-hydrogen) atoms. The number of hydrogen-bond acceptors (Lipinski definition) is 4. The van der Waals surface area contributed by atoms with Gasteiger partial charge in [0.2, 0.25) is 0 Å². The number of nitrogens with one attached hydrogen (secondary N) is 1. The summed E-state index contributed by atoms with van der Waals surface area (Å²) in [5.41, 5.74) is 2.35. The van der Waals surface area contributed by atoms with Crippen LogP contribution in [0.5, 0.6) is 11.5 Å². The Hall–Kier alpha value is -2.40. The molecule has 0 saturated carbocycles. The highest BCUT2D eigenvalue weighted by Crippen LogP contribution is 2.41. The number of nitrogens with zero attached hydrogens (tertiary/aromatic N) is 1. The number of carbonyl (C=O) groups excluding carboxylic acids is 1. The van der Waals surface area contributed by atoms with E-state index < -0.39 is 0 Å². The van der Waals surface area contributed by atoms with Gasteiger partial charge in [-0.1, -0.05) is 30.7 Å². The molecule has 1 N–H and O–H groups in total. The van der Waals surface area contributed by atoms with Crippen LogP contribution in [0.15, 0.2) is 36.4 Å². The molecular formula is C21H25ClN2O3. The zero-order valence-corrected chi connectivity index (χ0v) is 16.8. The number of carbonyl (C=O) groups is 1. The minimum atomic E-state index is -0.343. The molecule has 0 aromatic heterocycles. The molecule has 0 saturated heterocycles. The summed E-state index contributed by atoms with van der Waals surface area (Å²) in [6.45, 7) is 6.52. The number of para-hydroxylation sites is 1. The number of hydrogen-bond donors (Lipinski definition) is 1. The Morgan fingerprint density at radius 2 is 2.00 bits per heavy atom. The first-order valence-corrected chi connectivity index (χ1v) is 9.58. The molecule has 0 unspecified atom stereocenters. The maximum atomic E-state index is 13.2. The normalized spacial score (nSPS) is 17.1. The molecule has 1 amide bonds. The average Bonchev–Trinajstić information content (AvgIpc) is 2.67. The Morgan fingerprint density at radius 3 is 2.67 bits per heavy atom. The van der Waals surface area contributed by atoms with Crippen molar-refractivity contribution in [2.24, 2.45) is 0 Å². The fourth-order valence-corrected chi connectivity index (χ4v) is 3.67. The van der Waals surface area contributed by atoms with Gasteiger partial charge in [-0.3, -0.25) is 4.79 Å². The van der Waals surface area contributed by atoms with Crippen LogP contribution >= 0.6 is 11.6 Å². The third kappa shape index (κ3) is 3.56. The van der Waals surface area contributed by atoms with Crippen molar-refractivity contribution in [2.75, 3.05) is 19.0 Å². The Morgan fingerprint density at radius 1 is 1.26 bits per heavy atom. The number of benzene rings is 2. The summed E-state index contributed by atoms with van der Waals surface area (Å²) in [5, 5.41) is 3.95. The molecule has 1 heterocycles. The summed E-state index contributed by atoms with van der Waals surface area (Å²) >= 11 is 6.45. The SMILES string of the molecule is CCOc1cc([C@H]2Nc3ccccc3C(=O)N2[C@@H](C)CC)cc(Cl)c1OC. The lowest BCUT2D eigenvalue weighted by Crippen LogP contribution is -2.47. The van der Waals surface area contributed by atoms with Gasteiger partial charge in [0.1, 0.15) is 6.17 Å². The maximum absolute atomic E-state index is 13.2. The highest BCUT2D eigenvalue weighted by molar-refractivity contribution is 6.32. The summed E-state index contributed by atoms with van der Waals surface area (Å²) < 4.78 is 11.1. The summed E-state index contributed by atoms with van der Waals surface area (Å²) in [6, 6.07) is 11.3. The number of amides is 1. The molecule has 0 aliphatic carbocycles. The van der Waals surface area contributed by atoms with E-state index >= 15 is 0 Å². The van der Waals surface area contributed by atoms with E-state index in [0.717, 1.165) is 17.7 Å². The zero-order chi connectivity index (χ0) is 19.6. The van der Waals surface area contributed by atoms with Crippen molar-refractivity contribution in [1.29, 1.82) is 0 Å². The van der Waals surface area contributed by atoms with Gasteiger partial charge in [0, 0.05) is 17.3 Å². The van der Waals surface area contributed by atoms with Crippen LogP contribution < -0.4 is 14.8 Å². The summed E-state index contributed by atoms with van der Waals surface area (Å²) in [7, 11) is 1.56.